The van der Waals surface area contributed by atoms with Crippen molar-refractivity contribution in [1.29, 1.82) is 0 Å². The Morgan fingerprint density at radius 3 is 2.85 bits per heavy atom. The third kappa shape index (κ3) is 3.58. The first-order valence-corrected chi connectivity index (χ1v) is 8.14. The number of aromatic nitrogens is 1. The van der Waals surface area contributed by atoms with Crippen molar-refractivity contribution in [1.82, 2.24) is 10.3 Å². The van der Waals surface area contributed by atoms with Gasteiger partial charge in [-0.1, -0.05) is 20.8 Å². The van der Waals surface area contributed by atoms with Crippen LogP contribution in [0.25, 0.3) is 0 Å². The van der Waals surface area contributed by atoms with E-state index in [9.17, 15) is 0 Å². The van der Waals surface area contributed by atoms with Crippen LogP contribution in [0.4, 0.5) is 0 Å². The van der Waals surface area contributed by atoms with E-state index in [0.29, 0.717) is 13.2 Å². The van der Waals surface area contributed by atoms with Crippen molar-refractivity contribution in [2.75, 3.05) is 33.5 Å². The third-order valence-electron chi connectivity index (χ3n) is 3.69. The molecule has 1 fully saturated rings. The van der Waals surface area contributed by atoms with Gasteiger partial charge in [0, 0.05) is 31.1 Å². The molecular weight excluding hydrogens is 272 g/mol. The second-order valence-electron chi connectivity index (χ2n) is 6.45. The van der Waals surface area contributed by atoms with Crippen LogP contribution in [0.2, 0.25) is 0 Å². The minimum Gasteiger partial charge on any atom is -0.383 e. The van der Waals surface area contributed by atoms with E-state index >= 15 is 0 Å². The maximum Gasteiger partial charge on any atom is 0.115 e. The third-order valence-corrected chi connectivity index (χ3v) is 4.74. The van der Waals surface area contributed by atoms with Crippen LogP contribution in [0.1, 0.15) is 44.3 Å². The van der Waals surface area contributed by atoms with Crippen molar-refractivity contribution in [2.45, 2.75) is 44.6 Å². The van der Waals surface area contributed by atoms with E-state index in [2.05, 4.69) is 31.5 Å². The molecule has 0 bridgehead atoms. The van der Waals surface area contributed by atoms with E-state index in [-0.39, 0.29) is 11.0 Å². The van der Waals surface area contributed by atoms with Gasteiger partial charge in [-0.05, 0) is 12.8 Å². The number of nitrogens with zero attached hydrogens (tertiary/aromatic N) is 1. The molecule has 1 unspecified atom stereocenters. The summed E-state index contributed by atoms with van der Waals surface area (Å²) in [6.45, 7) is 9.69. The zero-order chi connectivity index (χ0) is 14.6. The summed E-state index contributed by atoms with van der Waals surface area (Å²) < 4.78 is 10.9. The topological polar surface area (TPSA) is 43.4 Å². The normalized spacial score (nSPS) is 24.0. The highest BCUT2D eigenvalue weighted by Gasteiger charge is 2.37. The lowest BCUT2D eigenvalue weighted by Gasteiger charge is -2.36. The second kappa shape index (κ2) is 6.52. The predicted molar refractivity (Wildman–Crippen MR) is 82.4 cm³/mol. The van der Waals surface area contributed by atoms with Gasteiger partial charge < -0.3 is 14.8 Å². The summed E-state index contributed by atoms with van der Waals surface area (Å²) in [6.07, 6.45) is 2.15. The van der Waals surface area contributed by atoms with Crippen LogP contribution in [-0.2, 0) is 20.4 Å². The number of hydrogen-bond acceptors (Lipinski definition) is 5. The molecule has 1 saturated heterocycles. The van der Waals surface area contributed by atoms with E-state index in [0.717, 1.165) is 36.7 Å². The molecule has 0 aliphatic carbocycles. The number of rotatable bonds is 5. The van der Waals surface area contributed by atoms with Crippen LogP contribution < -0.4 is 5.32 Å². The van der Waals surface area contributed by atoms with E-state index in [1.807, 2.05) is 0 Å². The van der Waals surface area contributed by atoms with E-state index in [1.165, 1.54) is 0 Å². The highest BCUT2D eigenvalue weighted by atomic mass is 32.1. The van der Waals surface area contributed by atoms with Crippen molar-refractivity contribution < 1.29 is 9.47 Å². The van der Waals surface area contributed by atoms with Crippen LogP contribution in [0, 0.1) is 0 Å². The van der Waals surface area contributed by atoms with Crippen molar-refractivity contribution in [3.63, 3.8) is 0 Å². The first-order chi connectivity index (χ1) is 9.48. The Morgan fingerprint density at radius 2 is 2.30 bits per heavy atom. The Morgan fingerprint density at radius 1 is 1.50 bits per heavy atom. The smallest absolute Gasteiger partial charge is 0.115 e. The predicted octanol–water partition coefficient (Wildman–Crippen LogP) is 2.68. The summed E-state index contributed by atoms with van der Waals surface area (Å²) in [5, 5.41) is 6.95. The molecule has 1 N–H and O–H groups in total. The summed E-state index contributed by atoms with van der Waals surface area (Å²) in [4.78, 5) is 4.89. The molecule has 2 heterocycles. The molecule has 4 nitrogen and oxygen atoms in total. The number of thiazole rings is 1. The minimum absolute atomic E-state index is 0.0952. The molecule has 2 rings (SSSR count). The van der Waals surface area contributed by atoms with Crippen LogP contribution in [0.3, 0.4) is 0 Å². The maximum atomic E-state index is 5.73. The Kier molecular flexibility index (Phi) is 5.18. The zero-order valence-electron chi connectivity index (χ0n) is 13.0. The Bertz CT molecular complexity index is 420. The molecule has 114 valence electrons. The molecule has 1 aliphatic rings. The molecule has 0 amide bonds. The molecule has 0 aromatic carbocycles. The van der Waals surface area contributed by atoms with Crippen molar-refractivity contribution in [3.8, 4) is 0 Å². The molecular formula is C15H26N2O2S. The van der Waals surface area contributed by atoms with Crippen molar-refractivity contribution in [2.24, 2.45) is 0 Å². The number of hydrogen-bond donors (Lipinski definition) is 1. The van der Waals surface area contributed by atoms with Crippen LogP contribution in [-0.4, -0.2) is 38.5 Å². The van der Waals surface area contributed by atoms with Crippen molar-refractivity contribution >= 4 is 11.3 Å². The summed E-state index contributed by atoms with van der Waals surface area (Å²) in [5.41, 5.74) is 1.12. The molecule has 1 aromatic rings. The Balaban J connectivity index is 2.19. The van der Waals surface area contributed by atoms with Crippen molar-refractivity contribution in [3.05, 3.63) is 16.1 Å². The van der Waals surface area contributed by atoms with Gasteiger partial charge in [0.05, 0.1) is 24.4 Å². The minimum atomic E-state index is -0.134. The molecule has 5 heteroatoms. The fourth-order valence-electron chi connectivity index (χ4n) is 2.41. The fourth-order valence-corrected chi connectivity index (χ4v) is 3.65. The van der Waals surface area contributed by atoms with Gasteiger partial charge in [0.2, 0.25) is 0 Å². The van der Waals surface area contributed by atoms with Gasteiger partial charge in [-0.25, -0.2) is 4.98 Å². The van der Waals surface area contributed by atoms with E-state index in [1.54, 1.807) is 18.4 Å². The Labute approximate surface area is 125 Å². The lowest BCUT2D eigenvalue weighted by atomic mass is 9.91. The molecule has 0 saturated carbocycles. The zero-order valence-corrected chi connectivity index (χ0v) is 13.8. The highest BCUT2D eigenvalue weighted by molar-refractivity contribution is 7.09. The average molecular weight is 298 g/mol. The molecule has 1 aromatic heterocycles. The monoisotopic (exact) mass is 298 g/mol. The van der Waals surface area contributed by atoms with Gasteiger partial charge >= 0.3 is 0 Å². The number of nitrogens with one attached hydrogen (secondary N) is 1. The van der Waals surface area contributed by atoms with Gasteiger partial charge in [-0.15, -0.1) is 11.3 Å². The van der Waals surface area contributed by atoms with Crippen LogP contribution in [0.15, 0.2) is 5.38 Å². The first-order valence-electron chi connectivity index (χ1n) is 7.26. The van der Waals surface area contributed by atoms with E-state index < -0.39 is 0 Å². The number of methoxy groups -OCH3 is 1. The lowest BCUT2D eigenvalue weighted by molar-refractivity contribution is 0.0149. The van der Waals surface area contributed by atoms with Gasteiger partial charge in [0.15, 0.2) is 0 Å². The SMILES string of the molecule is COCCNC1(c2nc(C(C)(C)C)cs2)CCCOC1. The van der Waals surface area contributed by atoms with Gasteiger partial charge in [0.1, 0.15) is 5.01 Å². The first kappa shape index (κ1) is 15.9. The largest absolute Gasteiger partial charge is 0.383 e. The summed E-state index contributed by atoms with van der Waals surface area (Å²) >= 11 is 1.75. The lowest BCUT2D eigenvalue weighted by Crippen LogP contribution is -2.49. The molecule has 1 aliphatic heterocycles. The summed E-state index contributed by atoms with van der Waals surface area (Å²) in [5.74, 6) is 0. The molecule has 0 radical (unpaired) electrons. The van der Waals surface area contributed by atoms with E-state index in [4.69, 9.17) is 14.5 Å². The standard InChI is InChI=1S/C15H26N2O2S/c1-14(2,3)12-10-20-13(17-12)15(16-7-9-18-4)6-5-8-19-11-15/h10,16H,5-9,11H2,1-4H3. The van der Waals surface area contributed by atoms with Crippen LogP contribution in [0.5, 0.6) is 0 Å². The maximum absolute atomic E-state index is 5.73. The summed E-state index contributed by atoms with van der Waals surface area (Å²) in [7, 11) is 1.73. The molecule has 20 heavy (non-hydrogen) atoms. The van der Waals surface area contributed by atoms with Crippen LogP contribution >= 0.6 is 11.3 Å². The highest BCUT2D eigenvalue weighted by Crippen LogP contribution is 2.35. The quantitative estimate of drug-likeness (QED) is 0.849. The van der Waals surface area contributed by atoms with Gasteiger partial charge in [0.25, 0.3) is 0 Å². The Hall–Kier alpha value is -0.490. The fraction of sp³-hybridized carbons (Fsp3) is 0.800. The second-order valence-corrected chi connectivity index (χ2v) is 7.30. The number of ether oxygens (including phenoxy) is 2. The molecule has 0 spiro atoms. The van der Waals surface area contributed by atoms with Gasteiger partial charge in [-0.3, -0.25) is 0 Å². The average Bonchev–Trinajstić information content (AvgIpc) is 2.90. The van der Waals surface area contributed by atoms with Gasteiger partial charge in [-0.2, -0.15) is 0 Å². The summed E-state index contributed by atoms with van der Waals surface area (Å²) in [6, 6.07) is 0. The molecule has 1 atom stereocenters.